The SMILES string of the molecule is Cc1ccc(NC(=O)COC(=O)CNS(=O)(=O)c2cc(C)ccc2C)c(C)c1. The minimum Gasteiger partial charge on any atom is -0.455 e. The maximum absolute atomic E-state index is 12.4. The molecule has 2 rings (SSSR count). The molecule has 0 saturated heterocycles. The first-order valence-electron chi connectivity index (χ1n) is 8.68. The van der Waals surface area contributed by atoms with Crippen molar-refractivity contribution in [2.75, 3.05) is 18.5 Å². The number of anilines is 1. The Balaban J connectivity index is 1.86. The van der Waals surface area contributed by atoms with Crippen molar-refractivity contribution in [1.82, 2.24) is 4.72 Å². The summed E-state index contributed by atoms with van der Waals surface area (Å²) in [6, 6.07) is 10.6. The van der Waals surface area contributed by atoms with E-state index in [1.807, 2.05) is 26.0 Å². The molecule has 0 unspecified atom stereocenters. The molecule has 0 aromatic heterocycles. The van der Waals surface area contributed by atoms with E-state index in [1.165, 1.54) is 6.07 Å². The van der Waals surface area contributed by atoms with E-state index in [0.717, 1.165) is 16.7 Å². The first kappa shape index (κ1) is 21.6. The van der Waals surface area contributed by atoms with Crippen molar-refractivity contribution in [1.29, 1.82) is 0 Å². The maximum Gasteiger partial charge on any atom is 0.321 e. The minimum absolute atomic E-state index is 0.105. The Labute approximate surface area is 165 Å². The highest BCUT2D eigenvalue weighted by Gasteiger charge is 2.19. The van der Waals surface area contributed by atoms with Crippen LogP contribution in [0.3, 0.4) is 0 Å². The van der Waals surface area contributed by atoms with Crippen LogP contribution in [0.5, 0.6) is 0 Å². The van der Waals surface area contributed by atoms with Gasteiger partial charge in [0.25, 0.3) is 5.91 Å². The van der Waals surface area contributed by atoms with Crippen molar-refractivity contribution < 1.29 is 22.7 Å². The highest BCUT2D eigenvalue weighted by Crippen LogP contribution is 2.17. The fourth-order valence-corrected chi connectivity index (χ4v) is 3.86. The largest absolute Gasteiger partial charge is 0.455 e. The minimum atomic E-state index is -3.86. The number of amides is 1. The molecule has 0 atom stereocenters. The molecule has 7 nitrogen and oxygen atoms in total. The van der Waals surface area contributed by atoms with E-state index in [4.69, 9.17) is 4.74 Å². The zero-order valence-electron chi connectivity index (χ0n) is 16.3. The summed E-state index contributed by atoms with van der Waals surface area (Å²) in [6.07, 6.45) is 0. The van der Waals surface area contributed by atoms with Crippen LogP contribution in [0, 0.1) is 27.7 Å². The number of nitrogens with one attached hydrogen (secondary N) is 2. The number of carbonyl (C=O) groups excluding carboxylic acids is 2. The van der Waals surface area contributed by atoms with Crippen molar-refractivity contribution in [3.8, 4) is 0 Å². The number of sulfonamides is 1. The van der Waals surface area contributed by atoms with Gasteiger partial charge in [0.05, 0.1) is 4.90 Å². The number of rotatable bonds is 7. The molecule has 0 fully saturated rings. The standard InChI is InChI=1S/C20H24N2O5S/c1-13-6-8-17(16(4)9-13)22-19(23)12-27-20(24)11-21-28(25,26)18-10-14(2)5-7-15(18)3/h5-10,21H,11-12H2,1-4H3,(H,22,23). The van der Waals surface area contributed by atoms with Crippen LogP contribution in [0.4, 0.5) is 5.69 Å². The predicted octanol–water partition coefficient (Wildman–Crippen LogP) is 2.38. The summed E-state index contributed by atoms with van der Waals surface area (Å²) in [5, 5.41) is 2.65. The van der Waals surface area contributed by atoms with Crippen LogP contribution in [0.15, 0.2) is 41.3 Å². The molecular weight excluding hydrogens is 380 g/mol. The number of esters is 1. The van der Waals surface area contributed by atoms with E-state index in [2.05, 4.69) is 10.0 Å². The van der Waals surface area contributed by atoms with Gasteiger partial charge in [0.1, 0.15) is 6.54 Å². The fourth-order valence-electron chi connectivity index (χ4n) is 2.57. The van der Waals surface area contributed by atoms with Crippen molar-refractivity contribution in [2.45, 2.75) is 32.6 Å². The van der Waals surface area contributed by atoms with E-state index >= 15 is 0 Å². The lowest BCUT2D eigenvalue weighted by Gasteiger charge is -2.11. The van der Waals surface area contributed by atoms with E-state index in [1.54, 1.807) is 32.0 Å². The normalized spacial score (nSPS) is 11.1. The van der Waals surface area contributed by atoms with E-state index < -0.39 is 35.1 Å². The molecule has 8 heteroatoms. The summed E-state index contributed by atoms with van der Waals surface area (Å²) in [5.74, 6) is -1.35. The molecular formula is C20H24N2O5S. The molecule has 0 spiro atoms. The van der Waals surface area contributed by atoms with Gasteiger partial charge in [0.15, 0.2) is 6.61 Å². The number of benzene rings is 2. The number of aryl methyl sites for hydroxylation is 4. The molecule has 2 aromatic rings. The zero-order chi connectivity index (χ0) is 20.9. The quantitative estimate of drug-likeness (QED) is 0.690. The lowest BCUT2D eigenvalue weighted by atomic mass is 10.1. The molecule has 0 aliphatic carbocycles. The molecule has 150 valence electrons. The number of ether oxygens (including phenoxy) is 1. The van der Waals surface area contributed by atoms with Gasteiger partial charge in [-0.15, -0.1) is 0 Å². The van der Waals surface area contributed by atoms with Gasteiger partial charge in [-0.2, -0.15) is 4.72 Å². The Kier molecular flexibility index (Phi) is 6.93. The van der Waals surface area contributed by atoms with E-state index in [9.17, 15) is 18.0 Å². The third kappa shape index (κ3) is 5.90. The second-order valence-corrected chi connectivity index (χ2v) is 8.36. The van der Waals surface area contributed by atoms with Crippen LogP contribution in [0.2, 0.25) is 0 Å². The second kappa shape index (κ2) is 8.99. The average Bonchev–Trinajstić information content (AvgIpc) is 2.62. The van der Waals surface area contributed by atoms with Gasteiger partial charge in [-0.1, -0.05) is 29.8 Å². The van der Waals surface area contributed by atoms with E-state index in [0.29, 0.717) is 11.3 Å². The van der Waals surface area contributed by atoms with Gasteiger partial charge in [-0.05, 0) is 56.5 Å². The smallest absolute Gasteiger partial charge is 0.321 e. The zero-order valence-corrected chi connectivity index (χ0v) is 17.1. The first-order chi connectivity index (χ1) is 13.1. The average molecular weight is 404 g/mol. The molecule has 0 heterocycles. The second-order valence-electron chi connectivity index (χ2n) is 6.62. The first-order valence-corrected chi connectivity index (χ1v) is 10.2. The van der Waals surface area contributed by atoms with Crippen molar-refractivity contribution >= 4 is 27.6 Å². The Hall–Kier alpha value is -2.71. The molecule has 2 aromatic carbocycles. The lowest BCUT2D eigenvalue weighted by Crippen LogP contribution is -2.32. The van der Waals surface area contributed by atoms with Gasteiger partial charge in [-0.25, -0.2) is 8.42 Å². The summed E-state index contributed by atoms with van der Waals surface area (Å²) in [7, 11) is -3.86. The molecule has 0 aliphatic rings. The van der Waals surface area contributed by atoms with Gasteiger partial charge in [-0.3, -0.25) is 9.59 Å². The van der Waals surface area contributed by atoms with Crippen LogP contribution in [0.25, 0.3) is 0 Å². The Morgan fingerprint density at radius 3 is 2.25 bits per heavy atom. The van der Waals surface area contributed by atoms with Crippen molar-refractivity contribution in [3.63, 3.8) is 0 Å². The Morgan fingerprint density at radius 1 is 0.929 bits per heavy atom. The van der Waals surface area contributed by atoms with Crippen molar-refractivity contribution in [2.24, 2.45) is 0 Å². The molecule has 0 saturated carbocycles. The highest BCUT2D eigenvalue weighted by atomic mass is 32.2. The summed E-state index contributed by atoms with van der Waals surface area (Å²) >= 11 is 0. The fraction of sp³-hybridized carbons (Fsp3) is 0.300. The van der Waals surface area contributed by atoms with Crippen LogP contribution in [0.1, 0.15) is 22.3 Å². The third-order valence-electron chi connectivity index (χ3n) is 4.06. The number of carbonyl (C=O) groups is 2. The topological polar surface area (TPSA) is 102 Å². The Bertz CT molecular complexity index is 1000. The van der Waals surface area contributed by atoms with E-state index in [-0.39, 0.29) is 4.90 Å². The summed E-state index contributed by atoms with van der Waals surface area (Å²) in [5.41, 5.74) is 3.94. The molecule has 2 N–H and O–H groups in total. The molecule has 0 aliphatic heterocycles. The molecule has 28 heavy (non-hydrogen) atoms. The van der Waals surface area contributed by atoms with Crippen LogP contribution in [-0.4, -0.2) is 33.4 Å². The summed E-state index contributed by atoms with van der Waals surface area (Å²) in [4.78, 5) is 23.8. The van der Waals surface area contributed by atoms with Crippen LogP contribution < -0.4 is 10.0 Å². The summed E-state index contributed by atoms with van der Waals surface area (Å²) < 4.78 is 31.8. The highest BCUT2D eigenvalue weighted by molar-refractivity contribution is 7.89. The van der Waals surface area contributed by atoms with Gasteiger partial charge in [0.2, 0.25) is 10.0 Å². The van der Waals surface area contributed by atoms with Gasteiger partial charge in [0, 0.05) is 5.69 Å². The Morgan fingerprint density at radius 2 is 1.57 bits per heavy atom. The predicted molar refractivity (Wildman–Crippen MR) is 107 cm³/mol. The van der Waals surface area contributed by atoms with Crippen molar-refractivity contribution in [3.05, 3.63) is 58.7 Å². The van der Waals surface area contributed by atoms with Crippen LogP contribution >= 0.6 is 0 Å². The molecule has 0 radical (unpaired) electrons. The number of hydrogen-bond donors (Lipinski definition) is 2. The van der Waals surface area contributed by atoms with Gasteiger partial charge < -0.3 is 10.1 Å². The van der Waals surface area contributed by atoms with Gasteiger partial charge >= 0.3 is 5.97 Å². The molecule has 1 amide bonds. The number of hydrogen-bond acceptors (Lipinski definition) is 5. The van der Waals surface area contributed by atoms with Crippen LogP contribution in [-0.2, 0) is 24.3 Å². The lowest BCUT2D eigenvalue weighted by molar-refractivity contribution is -0.146. The summed E-state index contributed by atoms with van der Waals surface area (Å²) in [6.45, 7) is 6.19. The third-order valence-corrected chi connectivity index (χ3v) is 5.60. The molecule has 0 bridgehead atoms. The monoisotopic (exact) mass is 404 g/mol. The maximum atomic E-state index is 12.4.